The zero-order valence-electron chi connectivity index (χ0n) is 18.6. The average molecular weight is 436 g/mol. The van der Waals surface area contributed by atoms with Gasteiger partial charge in [-0.05, 0) is 51.0 Å². The van der Waals surface area contributed by atoms with Crippen LogP contribution in [0.15, 0.2) is 23.0 Å². The number of pyridine rings is 2. The van der Waals surface area contributed by atoms with Gasteiger partial charge in [0.2, 0.25) is 0 Å². The third kappa shape index (κ3) is 3.76. The van der Waals surface area contributed by atoms with Crippen LogP contribution < -0.4 is 16.0 Å². The second-order valence-corrected chi connectivity index (χ2v) is 7.19. The number of fused-ring (bicyclic) bond motifs is 1. The van der Waals surface area contributed by atoms with Crippen LogP contribution in [0.4, 0.5) is 5.82 Å². The molecule has 2 N–H and O–H groups in total. The number of nitrogens with zero attached hydrogens (tertiary/aromatic N) is 3. The summed E-state index contributed by atoms with van der Waals surface area (Å²) in [5, 5.41) is 9.54. The minimum atomic E-state index is -0.730. The predicted molar refractivity (Wildman–Crippen MR) is 119 cm³/mol. The maximum absolute atomic E-state index is 13.6. The molecule has 166 valence electrons. The Morgan fingerprint density at radius 1 is 1.25 bits per heavy atom. The number of hydrogen-bond donors (Lipinski definition) is 1. The van der Waals surface area contributed by atoms with Crippen LogP contribution >= 0.6 is 0 Å². The molecule has 9 heteroatoms. The Labute approximate surface area is 185 Å². The molecule has 0 aliphatic rings. The van der Waals surface area contributed by atoms with Gasteiger partial charge in [-0.2, -0.15) is 5.26 Å². The zero-order valence-corrected chi connectivity index (χ0v) is 18.6. The van der Waals surface area contributed by atoms with Crippen LogP contribution in [-0.2, 0) is 9.47 Å². The van der Waals surface area contributed by atoms with Crippen molar-refractivity contribution in [1.82, 2.24) is 9.55 Å². The lowest BCUT2D eigenvalue weighted by Gasteiger charge is -2.20. The highest BCUT2D eigenvalue weighted by Crippen LogP contribution is 2.31. The maximum atomic E-state index is 13.6. The van der Waals surface area contributed by atoms with Crippen LogP contribution in [0.2, 0.25) is 0 Å². The first-order valence-corrected chi connectivity index (χ1v) is 9.92. The van der Waals surface area contributed by atoms with Gasteiger partial charge in [-0.15, -0.1) is 0 Å². The van der Waals surface area contributed by atoms with Gasteiger partial charge in [-0.25, -0.2) is 9.78 Å². The van der Waals surface area contributed by atoms with Crippen LogP contribution in [0.1, 0.15) is 39.7 Å². The van der Waals surface area contributed by atoms with Gasteiger partial charge < -0.3 is 19.9 Å². The topological polar surface area (TPSA) is 129 Å². The van der Waals surface area contributed by atoms with Crippen molar-refractivity contribution in [1.29, 1.82) is 5.26 Å². The summed E-state index contributed by atoms with van der Waals surface area (Å²) in [6, 6.07) is 7.07. The molecule has 0 saturated heterocycles. The Morgan fingerprint density at radius 2 is 1.97 bits per heavy atom. The van der Waals surface area contributed by atoms with Crippen molar-refractivity contribution in [2.75, 3.05) is 26.2 Å². The van der Waals surface area contributed by atoms with E-state index in [1.54, 1.807) is 32.9 Å². The van der Waals surface area contributed by atoms with Crippen molar-refractivity contribution < 1.29 is 19.0 Å². The summed E-state index contributed by atoms with van der Waals surface area (Å²) in [4.78, 5) is 30.7. The number of anilines is 1. The Bertz CT molecular complexity index is 1320. The molecule has 0 amide bonds. The number of rotatable bonds is 6. The van der Waals surface area contributed by atoms with Gasteiger partial charge in [0.1, 0.15) is 28.9 Å². The molecular weight excluding hydrogens is 412 g/mol. The molecule has 0 aliphatic carbocycles. The number of hydrogen-bond acceptors (Lipinski definition) is 8. The van der Waals surface area contributed by atoms with Crippen LogP contribution in [0.25, 0.3) is 16.6 Å². The molecule has 2 heterocycles. The lowest BCUT2D eigenvalue weighted by atomic mass is 10.0. The molecule has 0 bridgehead atoms. The quantitative estimate of drug-likeness (QED) is 0.461. The molecule has 9 nitrogen and oxygen atoms in total. The number of carbonyl (C=O) groups is 1. The fourth-order valence-electron chi connectivity index (χ4n) is 3.61. The van der Waals surface area contributed by atoms with E-state index < -0.39 is 11.5 Å². The fraction of sp³-hybridized carbons (Fsp3) is 0.304. The van der Waals surface area contributed by atoms with Crippen molar-refractivity contribution in [2.24, 2.45) is 0 Å². The molecule has 0 radical (unpaired) electrons. The number of carbonyl (C=O) groups excluding carboxylic acids is 1. The molecule has 0 fully saturated rings. The highest BCUT2D eigenvalue weighted by atomic mass is 16.7. The number of esters is 1. The van der Waals surface area contributed by atoms with Crippen molar-refractivity contribution >= 4 is 22.7 Å². The average Bonchev–Trinajstić information content (AvgIpc) is 2.76. The minimum absolute atomic E-state index is 0.0274. The Balaban J connectivity index is 2.48. The van der Waals surface area contributed by atoms with E-state index in [4.69, 9.17) is 19.9 Å². The first-order chi connectivity index (χ1) is 15.3. The van der Waals surface area contributed by atoms with Gasteiger partial charge in [0.05, 0.1) is 23.2 Å². The van der Waals surface area contributed by atoms with E-state index in [2.05, 4.69) is 4.98 Å². The Morgan fingerprint density at radius 3 is 2.59 bits per heavy atom. The van der Waals surface area contributed by atoms with E-state index in [0.29, 0.717) is 22.6 Å². The monoisotopic (exact) mass is 436 g/mol. The van der Waals surface area contributed by atoms with E-state index in [9.17, 15) is 14.9 Å². The van der Waals surface area contributed by atoms with Crippen LogP contribution in [-0.4, -0.2) is 36.0 Å². The number of aromatic nitrogens is 2. The Kier molecular flexibility index (Phi) is 6.46. The molecule has 2 aromatic heterocycles. The number of ether oxygens (including phenoxy) is 3. The second kappa shape index (κ2) is 9.08. The van der Waals surface area contributed by atoms with Crippen molar-refractivity contribution in [2.45, 2.75) is 27.7 Å². The number of benzene rings is 1. The summed E-state index contributed by atoms with van der Waals surface area (Å²) in [6.45, 7) is 7.08. The predicted octanol–water partition coefficient (Wildman–Crippen LogP) is 2.92. The number of aryl methyl sites for hydroxylation is 2. The number of methoxy groups -OCH3 is 1. The van der Waals surface area contributed by atoms with Gasteiger partial charge in [0.25, 0.3) is 5.56 Å². The van der Waals surface area contributed by atoms with Crippen molar-refractivity contribution in [3.8, 4) is 17.5 Å². The third-order valence-corrected chi connectivity index (χ3v) is 5.10. The first-order valence-electron chi connectivity index (χ1n) is 9.92. The molecular formula is C23H24N4O5. The summed E-state index contributed by atoms with van der Waals surface area (Å²) in [7, 11) is 1.51. The SMILES string of the molecule is CCOC(=O)c1c(N)n(-c2c(C)ccc(OCOC)c2C)c(=O)c2cc(C)c(C#N)nc12. The minimum Gasteiger partial charge on any atom is -0.467 e. The summed E-state index contributed by atoms with van der Waals surface area (Å²) in [6.07, 6.45) is 0. The number of nitrogen functional groups attached to an aromatic ring is 1. The van der Waals surface area contributed by atoms with E-state index in [1.165, 1.54) is 17.7 Å². The molecule has 0 saturated carbocycles. The van der Waals surface area contributed by atoms with E-state index >= 15 is 0 Å². The first kappa shape index (κ1) is 22.8. The molecule has 3 rings (SSSR count). The zero-order chi connectivity index (χ0) is 23.6. The van der Waals surface area contributed by atoms with Crippen molar-refractivity contribution in [3.05, 3.63) is 56.5 Å². The van der Waals surface area contributed by atoms with Crippen LogP contribution in [0.5, 0.6) is 5.75 Å². The molecule has 1 aromatic carbocycles. The lowest BCUT2D eigenvalue weighted by Crippen LogP contribution is -2.27. The van der Waals surface area contributed by atoms with Gasteiger partial charge in [-0.3, -0.25) is 9.36 Å². The smallest absolute Gasteiger partial charge is 0.344 e. The van der Waals surface area contributed by atoms with E-state index in [1.807, 2.05) is 13.0 Å². The highest BCUT2D eigenvalue weighted by molar-refractivity contribution is 6.07. The highest BCUT2D eigenvalue weighted by Gasteiger charge is 2.26. The Hall–Kier alpha value is -3.90. The molecule has 0 spiro atoms. The lowest BCUT2D eigenvalue weighted by molar-refractivity contribution is 0.0506. The molecule has 32 heavy (non-hydrogen) atoms. The molecule has 0 aliphatic heterocycles. The van der Waals surface area contributed by atoms with Gasteiger partial charge in [-0.1, -0.05) is 6.07 Å². The third-order valence-electron chi connectivity index (χ3n) is 5.10. The molecule has 0 unspecified atom stereocenters. The summed E-state index contributed by atoms with van der Waals surface area (Å²) in [5.74, 6) is -0.354. The van der Waals surface area contributed by atoms with Crippen LogP contribution in [0.3, 0.4) is 0 Å². The largest absolute Gasteiger partial charge is 0.467 e. The summed E-state index contributed by atoms with van der Waals surface area (Å²) >= 11 is 0. The van der Waals surface area contributed by atoms with Gasteiger partial charge in [0.15, 0.2) is 6.79 Å². The normalized spacial score (nSPS) is 10.8. The summed E-state index contributed by atoms with van der Waals surface area (Å²) < 4.78 is 17.1. The fourth-order valence-corrected chi connectivity index (χ4v) is 3.61. The maximum Gasteiger partial charge on any atom is 0.344 e. The van der Waals surface area contributed by atoms with Crippen LogP contribution in [0, 0.1) is 32.1 Å². The van der Waals surface area contributed by atoms with Crippen molar-refractivity contribution in [3.63, 3.8) is 0 Å². The standard InChI is InChI=1S/C23H24N4O5/c1-6-31-23(29)18-19-15(9-13(3)16(10-24)26-19)22(28)27(21(18)25)20-12(2)7-8-17(14(20)4)32-11-30-5/h7-9H,6,11,25H2,1-5H3. The van der Waals surface area contributed by atoms with Gasteiger partial charge >= 0.3 is 5.97 Å². The number of nitriles is 1. The van der Waals surface area contributed by atoms with E-state index in [0.717, 1.165) is 5.56 Å². The second-order valence-electron chi connectivity index (χ2n) is 7.19. The summed E-state index contributed by atoms with van der Waals surface area (Å²) in [5.41, 5.74) is 8.37. The number of nitrogens with two attached hydrogens (primary N) is 1. The van der Waals surface area contributed by atoms with E-state index in [-0.39, 0.29) is 41.4 Å². The molecule has 0 atom stereocenters. The van der Waals surface area contributed by atoms with Gasteiger partial charge in [0, 0.05) is 12.7 Å². The molecule has 3 aromatic rings.